The molecule has 0 atom stereocenters. The van der Waals surface area contributed by atoms with Gasteiger partial charge in [-0.3, -0.25) is 46.5 Å². The van der Waals surface area contributed by atoms with Gasteiger partial charge in [0.05, 0.1) is 21.2 Å². The molecule has 0 aliphatic carbocycles. The summed E-state index contributed by atoms with van der Waals surface area (Å²) in [5.41, 5.74) is -0.385. The normalized spacial score (nSPS) is 11.5. The van der Waals surface area contributed by atoms with Crippen LogP contribution in [0, 0.1) is 13.8 Å². The molecule has 0 saturated heterocycles. The van der Waals surface area contributed by atoms with Crippen LogP contribution in [-0.2, 0) is 60.7 Å². The number of aryl methyl sites for hydroxylation is 2. The number of carbonyl (C=O) groups is 5. The average Bonchev–Trinajstić information content (AvgIpc) is 0.753. The Balaban J connectivity index is 0.00000480. The molecule has 0 saturated carbocycles. The number of urea groups is 1. The number of anilines is 6. The van der Waals surface area contributed by atoms with Gasteiger partial charge in [-0.15, -0.1) is 0 Å². The summed E-state index contributed by atoms with van der Waals surface area (Å²) in [7, 11) is -31.9. The molecule has 0 aliphatic rings. The first kappa shape index (κ1) is 85.0. The molecule has 454 valence electrons. The van der Waals surface area contributed by atoms with E-state index in [2.05, 4.69) is 31.9 Å². The molecule has 0 bridgehead atoms. The molecule has 8 aromatic carbocycles. The maximum absolute atomic E-state index is 13.7. The van der Waals surface area contributed by atoms with Crippen LogP contribution in [0.4, 0.5) is 38.9 Å². The third kappa shape index (κ3) is 20.5. The van der Waals surface area contributed by atoms with Crippen LogP contribution in [0.15, 0.2) is 163 Å². The minimum atomic E-state index is -5.45. The Morgan fingerprint density at radius 3 is 0.891 bits per heavy atom. The van der Waals surface area contributed by atoms with Crippen molar-refractivity contribution in [3.63, 3.8) is 0 Å². The molecule has 41 heteroatoms. The van der Waals surface area contributed by atoms with Crippen LogP contribution in [0.2, 0.25) is 0 Å². The second-order valence-electron chi connectivity index (χ2n) is 18.4. The van der Waals surface area contributed by atoms with Crippen molar-refractivity contribution in [3.8, 4) is 0 Å². The number of amides is 6. The van der Waals surface area contributed by atoms with Gasteiger partial charge < -0.3 is 31.9 Å². The fourth-order valence-electron chi connectivity index (χ4n) is 8.50. The van der Waals surface area contributed by atoms with E-state index in [9.17, 15) is 102 Å². The van der Waals surface area contributed by atoms with Gasteiger partial charge in [-0.25, -0.2) is 4.79 Å². The van der Waals surface area contributed by atoms with Gasteiger partial charge in [-0.05, 0) is 134 Å². The van der Waals surface area contributed by atoms with Gasteiger partial charge in [-0.1, -0.05) is 24.3 Å². The Labute approximate surface area is 657 Å². The van der Waals surface area contributed by atoms with Crippen molar-refractivity contribution in [1.82, 2.24) is 0 Å². The summed E-state index contributed by atoms with van der Waals surface area (Å²) in [5, 5.41) is 11.8. The monoisotopic (exact) mass is 1430 g/mol. The molecule has 0 heterocycles. The van der Waals surface area contributed by atoms with Gasteiger partial charge in [0.15, 0.2) is 0 Å². The maximum atomic E-state index is 13.7. The van der Waals surface area contributed by atoms with Crippen molar-refractivity contribution in [3.05, 3.63) is 167 Å². The zero-order valence-corrected chi connectivity index (χ0v) is 66.2. The van der Waals surface area contributed by atoms with Crippen molar-refractivity contribution >= 4 is 323 Å². The van der Waals surface area contributed by atoms with Crippen LogP contribution < -0.4 is 31.9 Å². The molecule has 12 N–H and O–H groups in total. The number of fused-ring (bicyclic) bond motifs is 2. The van der Waals surface area contributed by atoms with Crippen LogP contribution >= 0.6 is 0 Å². The number of nitrogens with one attached hydrogen (secondary N) is 6. The Morgan fingerprint density at radius 2 is 0.598 bits per heavy atom. The van der Waals surface area contributed by atoms with Crippen molar-refractivity contribution in [2.45, 2.75) is 43.2 Å². The van der Waals surface area contributed by atoms with Crippen molar-refractivity contribution < 1.29 is 102 Å². The first-order valence-electron chi connectivity index (χ1n) is 23.6. The molecule has 0 aliphatic heterocycles. The van der Waals surface area contributed by atoms with E-state index in [1.165, 1.54) is 84.9 Å². The predicted octanol–water partition coefficient (Wildman–Crippen LogP) is 4.46. The van der Waals surface area contributed by atoms with E-state index in [1.54, 1.807) is 13.8 Å². The number of hydrogen-bond donors (Lipinski definition) is 12. The number of carbonyl (C=O) groups excluding carboxylic acids is 5. The largest absolute Gasteiger partial charge is 0.323 e. The summed E-state index contributed by atoms with van der Waals surface area (Å²) in [6.07, 6.45) is 0. The number of rotatable bonds is 16. The van der Waals surface area contributed by atoms with Gasteiger partial charge in [0, 0.05) is 244 Å². The molecule has 0 unspecified atom stereocenters. The Hall–Kier alpha value is -3.11. The van der Waals surface area contributed by atoms with E-state index in [0.717, 1.165) is 12.1 Å². The minimum absolute atomic E-state index is 0. The quantitative estimate of drug-likeness (QED) is 0.0469. The molecular formula is C51H40N6Na6O23S6. The van der Waals surface area contributed by atoms with Crippen LogP contribution in [0.3, 0.4) is 0 Å². The standard InChI is InChI=1S/C51H40N6O23S6.6Na/c1-25-9-11-29(49(60)54-37-13-15-41(83(69,70)71)35-21-33(81(63,64)65)23-43(45(35)37)85(75,76)77)19-39(25)56-47(58)27-5-3-7-31(17-27)52-51(62)53-32-8-4-6-28(18-32)48(59)57-40-20-30(12-10-26(40)2)50(61)55-38-14-16-42(84(72,73)74)36-22-34(82(66,67)68)24-44(46(36)38)86(78,79)80;;;;;;/h3-24H,1-2H3,(H,54,60)(H,55,61)(H,56,58)(H,57,59)(H2,52,53,62)(H,63,64,65)(H,66,67,68)(H,69,70,71)(H,72,73,74)(H,75,76,77)(H,78,79,80);;;;;;. The second-order valence-corrected chi connectivity index (χ2v) is 26.8. The molecule has 8 rings (SSSR count). The molecule has 29 nitrogen and oxygen atoms in total. The van der Waals surface area contributed by atoms with E-state index in [1.807, 2.05) is 0 Å². The fraction of sp³-hybridized carbons (Fsp3) is 0.0392. The van der Waals surface area contributed by atoms with Crippen LogP contribution in [0.5, 0.6) is 0 Å². The minimum Gasteiger partial charge on any atom is -0.322 e. The van der Waals surface area contributed by atoms with E-state index in [0.29, 0.717) is 47.5 Å². The van der Waals surface area contributed by atoms with E-state index < -0.39 is 153 Å². The van der Waals surface area contributed by atoms with Gasteiger partial charge in [0.2, 0.25) is 0 Å². The number of benzene rings is 8. The Bertz CT molecular complexity index is 4740. The topological polar surface area (TPSA) is 484 Å². The van der Waals surface area contributed by atoms with Crippen molar-refractivity contribution in [2.75, 3.05) is 31.9 Å². The van der Waals surface area contributed by atoms with Crippen molar-refractivity contribution in [1.29, 1.82) is 0 Å². The molecule has 92 heavy (non-hydrogen) atoms. The second kappa shape index (κ2) is 33.0. The molecule has 6 amide bonds. The average molecular weight is 1440 g/mol. The first-order valence-corrected chi connectivity index (χ1v) is 32.2. The number of hydrogen-bond acceptors (Lipinski definition) is 17. The Kier molecular flexibility index (Phi) is 30.4. The zero-order chi connectivity index (χ0) is 63.4. The zero-order valence-electron chi connectivity index (χ0n) is 49.3. The summed E-state index contributed by atoms with van der Waals surface area (Å²) in [6.45, 7) is 3.12. The van der Waals surface area contributed by atoms with Crippen molar-refractivity contribution in [2.24, 2.45) is 0 Å². The summed E-state index contributed by atoms with van der Waals surface area (Å²) in [6, 6.07) is 22.6. The first-order chi connectivity index (χ1) is 39.8. The van der Waals surface area contributed by atoms with Gasteiger partial charge >= 0.3 is 6.03 Å². The summed E-state index contributed by atoms with van der Waals surface area (Å²) >= 11 is 0. The SMILES string of the molecule is Cc1ccc(C(=O)Nc2ccc(S(=O)(=O)O)c3cc(S(=O)(=O)O)cc(S(=O)(=O)O)c23)cc1NC(=O)c1cccc(NC(=O)Nc2cccc(C(=O)Nc3cc(C(=O)Nc4ccc(S(=O)(=O)O)c5cc(S(=O)(=O)O)cc(S(=O)(=O)O)c45)ccc3C)c2)c1.[Na].[Na].[Na].[Na].[Na].[Na]. The summed E-state index contributed by atoms with van der Waals surface area (Å²) in [5.74, 6) is -3.56. The van der Waals surface area contributed by atoms with E-state index in [-0.39, 0.29) is 222 Å². The van der Waals surface area contributed by atoms with Gasteiger partial charge in [-0.2, -0.15) is 50.5 Å². The van der Waals surface area contributed by atoms with Crippen LogP contribution in [0.25, 0.3) is 21.5 Å². The predicted molar refractivity (Wildman–Crippen MR) is 341 cm³/mol. The van der Waals surface area contributed by atoms with Gasteiger partial charge in [0.25, 0.3) is 84.3 Å². The third-order valence-electron chi connectivity index (χ3n) is 12.5. The van der Waals surface area contributed by atoms with Crippen LogP contribution in [-0.4, -0.2) is 285 Å². The Morgan fingerprint density at radius 1 is 0.304 bits per heavy atom. The maximum Gasteiger partial charge on any atom is 0.323 e. The molecule has 6 radical (unpaired) electrons. The summed E-state index contributed by atoms with van der Waals surface area (Å²) < 4.78 is 206. The fourth-order valence-corrected chi connectivity index (χ4v) is 12.6. The molecule has 0 aromatic heterocycles. The molecule has 0 fully saturated rings. The van der Waals surface area contributed by atoms with E-state index in [4.69, 9.17) is 0 Å². The van der Waals surface area contributed by atoms with Crippen LogP contribution in [0.1, 0.15) is 52.6 Å². The molecular weight excluding hydrogens is 1390 g/mol. The smallest absolute Gasteiger partial charge is 0.322 e. The molecule has 8 aromatic rings. The molecule has 0 spiro atoms. The third-order valence-corrected chi connectivity index (χ3v) is 17.7. The van der Waals surface area contributed by atoms with E-state index >= 15 is 0 Å². The van der Waals surface area contributed by atoms with Gasteiger partial charge in [0.1, 0.15) is 19.6 Å². The summed E-state index contributed by atoms with van der Waals surface area (Å²) in [4.78, 5) is 60.8.